The number of carbonyl (C=O) groups excluding carboxylic acids is 1. The number of furan rings is 1. The van der Waals surface area contributed by atoms with Crippen LogP contribution in [0.5, 0.6) is 5.75 Å². The number of carboxylic acid groups (broad SMARTS) is 1. The van der Waals surface area contributed by atoms with E-state index in [9.17, 15) is 9.59 Å². The molecule has 0 saturated carbocycles. The SMILES string of the molecule is COCCOc1ccccc1C(=O)N(C)Cc1cc(C(=O)O)c(C)o1. The molecule has 0 atom stereocenters. The van der Waals surface area contributed by atoms with Crippen LogP contribution in [0.25, 0.3) is 0 Å². The van der Waals surface area contributed by atoms with Crippen molar-refractivity contribution in [2.45, 2.75) is 13.5 Å². The van der Waals surface area contributed by atoms with Crippen molar-refractivity contribution in [2.75, 3.05) is 27.4 Å². The van der Waals surface area contributed by atoms with Gasteiger partial charge >= 0.3 is 5.97 Å². The molecule has 2 rings (SSSR count). The number of ether oxygens (including phenoxy) is 2. The average molecular weight is 347 g/mol. The Morgan fingerprint density at radius 2 is 1.92 bits per heavy atom. The molecule has 0 aliphatic rings. The molecular formula is C18H21NO6. The van der Waals surface area contributed by atoms with Crippen molar-refractivity contribution < 1.29 is 28.6 Å². The quantitative estimate of drug-likeness (QED) is 0.738. The third kappa shape index (κ3) is 4.60. The van der Waals surface area contributed by atoms with Crippen molar-refractivity contribution in [1.29, 1.82) is 0 Å². The average Bonchev–Trinajstić information content (AvgIpc) is 2.95. The van der Waals surface area contributed by atoms with Gasteiger partial charge in [-0.25, -0.2) is 4.79 Å². The van der Waals surface area contributed by atoms with Crippen LogP contribution in [0.1, 0.15) is 32.2 Å². The van der Waals surface area contributed by atoms with Crippen LogP contribution in [0.2, 0.25) is 0 Å². The summed E-state index contributed by atoms with van der Waals surface area (Å²) in [6.07, 6.45) is 0. The highest BCUT2D eigenvalue weighted by molar-refractivity contribution is 5.96. The molecule has 0 radical (unpaired) electrons. The number of hydrogen-bond acceptors (Lipinski definition) is 5. The minimum Gasteiger partial charge on any atom is -0.490 e. The van der Waals surface area contributed by atoms with Crippen molar-refractivity contribution in [3.8, 4) is 5.75 Å². The van der Waals surface area contributed by atoms with E-state index in [0.717, 1.165) is 0 Å². The number of para-hydroxylation sites is 1. The zero-order chi connectivity index (χ0) is 18.4. The Labute approximate surface area is 145 Å². The van der Waals surface area contributed by atoms with E-state index in [1.54, 1.807) is 45.3 Å². The normalized spacial score (nSPS) is 10.5. The zero-order valence-corrected chi connectivity index (χ0v) is 14.4. The summed E-state index contributed by atoms with van der Waals surface area (Å²) in [6, 6.07) is 8.37. The molecule has 0 saturated heterocycles. The van der Waals surface area contributed by atoms with Crippen molar-refractivity contribution in [3.05, 3.63) is 53.0 Å². The lowest BCUT2D eigenvalue weighted by Gasteiger charge is -2.18. The summed E-state index contributed by atoms with van der Waals surface area (Å²) < 4.78 is 15.9. The molecule has 1 heterocycles. The van der Waals surface area contributed by atoms with E-state index in [4.69, 9.17) is 19.0 Å². The van der Waals surface area contributed by atoms with E-state index in [1.165, 1.54) is 11.0 Å². The van der Waals surface area contributed by atoms with Crippen LogP contribution < -0.4 is 4.74 Å². The van der Waals surface area contributed by atoms with Crippen LogP contribution >= 0.6 is 0 Å². The Bertz CT molecular complexity index is 752. The lowest BCUT2D eigenvalue weighted by molar-refractivity contribution is 0.0694. The van der Waals surface area contributed by atoms with E-state index >= 15 is 0 Å². The maximum Gasteiger partial charge on any atom is 0.339 e. The summed E-state index contributed by atoms with van der Waals surface area (Å²) in [5, 5.41) is 9.07. The molecule has 0 aliphatic carbocycles. The number of amides is 1. The molecule has 134 valence electrons. The minimum atomic E-state index is -1.06. The second-order valence-corrected chi connectivity index (χ2v) is 5.49. The second kappa shape index (κ2) is 8.34. The Hall–Kier alpha value is -2.80. The van der Waals surface area contributed by atoms with Gasteiger partial charge in [0.15, 0.2) is 0 Å². The van der Waals surface area contributed by atoms with Gasteiger partial charge in [0.05, 0.1) is 18.7 Å². The van der Waals surface area contributed by atoms with E-state index in [-0.39, 0.29) is 18.0 Å². The predicted octanol–water partition coefficient (Wildman–Crippen LogP) is 2.58. The fourth-order valence-electron chi connectivity index (χ4n) is 2.35. The van der Waals surface area contributed by atoms with Gasteiger partial charge in [0.1, 0.15) is 29.4 Å². The smallest absolute Gasteiger partial charge is 0.339 e. The third-order valence-corrected chi connectivity index (χ3v) is 3.60. The van der Waals surface area contributed by atoms with E-state index in [2.05, 4.69) is 0 Å². The fourth-order valence-corrected chi connectivity index (χ4v) is 2.35. The first-order chi connectivity index (χ1) is 11.9. The monoisotopic (exact) mass is 347 g/mol. The molecule has 25 heavy (non-hydrogen) atoms. The number of aryl methyl sites for hydroxylation is 1. The maximum absolute atomic E-state index is 12.7. The van der Waals surface area contributed by atoms with Gasteiger partial charge in [0.25, 0.3) is 5.91 Å². The molecule has 0 bridgehead atoms. The van der Waals surface area contributed by atoms with Gasteiger partial charge in [0, 0.05) is 14.2 Å². The van der Waals surface area contributed by atoms with Crippen LogP contribution in [0, 0.1) is 6.92 Å². The first kappa shape index (κ1) is 18.5. The van der Waals surface area contributed by atoms with Crippen LogP contribution in [0.3, 0.4) is 0 Å². The van der Waals surface area contributed by atoms with Gasteiger partial charge < -0.3 is 23.9 Å². The highest BCUT2D eigenvalue weighted by Crippen LogP contribution is 2.21. The number of methoxy groups -OCH3 is 1. The predicted molar refractivity (Wildman–Crippen MR) is 90.0 cm³/mol. The van der Waals surface area contributed by atoms with Gasteiger partial charge in [-0.3, -0.25) is 4.79 Å². The molecule has 0 unspecified atom stereocenters. The lowest BCUT2D eigenvalue weighted by atomic mass is 10.1. The zero-order valence-electron chi connectivity index (χ0n) is 14.4. The summed E-state index contributed by atoms with van der Waals surface area (Å²) in [4.78, 5) is 25.2. The highest BCUT2D eigenvalue weighted by Gasteiger charge is 2.20. The molecule has 7 nitrogen and oxygen atoms in total. The number of hydrogen-bond donors (Lipinski definition) is 1. The summed E-state index contributed by atoms with van der Waals surface area (Å²) in [5.74, 6) is -0.120. The van der Waals surface area contributed by atoms with Crippen molar-refractivity contribution in [3.63, 3.8) is 0 Å². The Balaban J connectivity index is 2.12. The van der Waals surface area contributed by atoms with Crippen LogP contribution in [0.15, 0.2) is 34.7 Å². The summed E-state index contributed by atoms with van der Waals surface area (Å²) >= 11 is 0. The maximum atomic E-state index is 12.7. The number of carboxylic acids is 1. The molecule has 1 aromatic carbocycles. The number of aromatic carboxylic acids is 1. The summed E-state index contributed by atoms with van der Waals surface area (Å²) in [5.41, 5.74) is 0.516. The van der Waals surface area contributed by atoms with Crippen molar-refractivity contribution in [1.82, 2.24) is 4.90 Å². The first-order valence-electron chi connectivity index (χ1n) is 7.73. The van der Waals surface area contributed by atoms with Gasteiger partial charge in [-0.1, -0.05) is 12.1 Å². The highest BCUT2D eigenvalue weighted by atomic mass is 16.5. The summed E-state index contributed by atoms with van der Waals surface area (Å²) in [7, 11) is 3.19. The van der Waals surface area contributed by atoms with Gasteiger partial charge in [0.2, 0.25) is 0 Å². The molecule has 0 fully saturated rings. The third-order valence-electron chi connectivity index (χ3n) is 3.60. The standard InChI is InChI=1S/C18H21NO6/c1-12-15(18(21)22)10-13(25-12)11-19(2)17(20)14-6-4-5-7-16(14)24-9-8-23-3/h4-7,10H,8-9,11H2,1-3H3,(H,21,22). The van der Waals surface area contributed by atoms with Crippen molar-refractivity contribution >= 4 is 11.9 Å². The molecule has 2 aromatic rings. The number of rotatable bonds is 8. The number of carbonyl (C=O) groups is 2. The van der Waals surface area contributed by atoms with Gasteiger partial charge in [-0.15, -0.1) is 0 Å². The molecular weight excluding hydrogens is 326 g/mol. The molecule has 1 amide bonds. The van der Waals surface area contributed by atoms with Crippen LogP contribution in [-0.2, 0) is 11.3 Å². The van der Waals surface area contributed by atoms with Crippen LogP contribution in [-0.4, -0.2) is 49.3 Å². The topological polar surface area (TPSA) is 89.2 Å². The van der Waals surface area contributed by atoms with E-state index < -0.39 is 5.97 Å². The van der Waals surface area contributed by atoms with E-state index in [1.807, 2.05) is 0 Å². The number of benzene rings is 1. The van der Waals surface area contributed by atoms with Crippen LogP contribution in [0.4, 0.5) is 0 Å². The Morgan fingerprint density at radius 3 is 2.56 bits per heavy atom. The Kier molecular flexibility index (Phi) is 6.19. The lowest BCUT2D eigenvalue weighted by Crippen LogP contribution is -2.26. The minimum absolute atomic E-state index is 0.0964. The molecule has 1 N–H and O–H groups in total. The second-order valence-electron chi connectivity index (χ2n) is 5.49. The fraction of sp³-hybridized carbons (Fsp3) is 0.333. The Morgan fingerprint density at radius 1 is 1.20 bits per heavy atom. The van der Waals surface area contributed by atoms with E-state index in [0.29, 0.717) is 36.0 Å². The van der Waals surface area contributed by atoms with Gasteiger partial charge in [-0.05, 0) is 25.1 Å². The van der Waals surface area contributed by atoms with Crippen molar-refractivity contribution in [2.24, 2.45) is 0 Å². The molecule has 7 heteroatoms. The first-order valence-corrected chi connectivity index (χ1v) is 7.73. The molecule has 0 spiro atoms. The number of nitrogens with zero attached hydrogens (tertiary/aromatic N) is 1. The largest absolute Gasteiger partial charge is 0.490 e. The molecule has 1 aromatic heterocycles. The van der Waals surface area contributed by atoms with Gasteiger partial charge in [-0.2, -0.15) is 0 Å². The molecule has 0 aliphatic heterocycles. The summed E-state index contributed by atoms with van der Waals surface area (Å²) in [6.45, 7) is 2.49.